The first-order chi connectivity index (χ1) is 9.01. The van der Waals surface area contributed by atoms with E-state index in [9.17, 15) is 0 Å². The van der Waals surface area contributed by atoms with Crippen LogP contribution in [0.2, 0.25) is 0 Å². The minimum Gasteiger partial charge on any atom is -0.321 e. The highest BCUT2D eigenvalue weighted by atomic mass is 14.7. The zero-order chi connectivity index (χ0) is 13.9. The Kier molecular flexibility index (Phi) is 4.06. The molecule has 1 heteroatoms. The van der Waals surface area contributed by atoms with E-state index in [1.807, 2.05) is 0 Å². The van der Waals surface area contributed by atoms with Crippen LogP contribution < -0.4 is 5.73 Å². The van der Waals surface area contributed by atoms with Gasteiger partial charge in [0.05, 0.1) is 0 Å². The van der Waals surface area contributed by atoms with Gasteiger partial charge in [-0.2, -0.15) is 0 Å². The Hall–Kier alpha value is -1.60. The van der Waals surface area contributed by atoms with Crippen LogP contribution in [0, 0.1) is 6.92 Å². The van der Waals surface area contributed by atoms with E-state index in [4.69, 9.17) is 5.73 Å². The van der Waals surface area contributed by atoms with Crippen LogP contribution in [0.1, 0.15) is 36.1 Å². The van der Waals surface area contributed by atoms with Crippen molar-refractivity contribution in [3.63, 3.8) is 0 Å². The van der Waals surface area contributed by atoms with Gasteiger partial charge in [0.2, 0.25) is 0 Å². The average molecular weight is 253 g/mol. The first-order valence-electron chi connectivity index (χ1n) is 6.95. The summed E-state index contributed by atoms with van der Waals surface area (Å²) in [4.78, 5) is 0. The minimum absolute atomic E-state index is 0.318. The van der Waals surface area contributed by atoms with Crippen LogP contribution in [0.15, 0.2) is 48.5 Å². The summed E-state index contributed by atoms with van der Waals surface area (Å²) in [6, 6.07) is 17.3. The van der Waals surface area contributed by atoms with Crippen molar-refractivity contribution in [2.75, 3.05) is 0 Å². The average Bonchev–Trinajstić information content (AvgIpc) is 2.41. The van der Waals surface area contributed by atoms with Gasteiger partial charge in [0, 0.05) is 5.54 Å². The number of hydrogen-bond acceptors (Lipinski definition) is 1. The molecule has 2 aromatic carbocycles. The van der Waals surface area contributed by atoms with Crippen molar-refractivity contribution in [2.24, 2.45) is 5.73 Å². The molecule has 0 aliphatic carbocycles. The Morgan fingerprint density at radius 3 is 1.95 bits per heavy atom. The van der Waals surface area contributed by atoms with Gasteiger partial charge in [0.25, 0.3) is 0 Å². The van der Waals surface area contributed by atoms with Gasteiger partial charge in [-0.05, 0) is 43.4 Å². The number of aryl methyl sites for hydroxylation is 2. The van der Waals surface area contributed by atoms with Crippen molar-refractivity contribution in [3.05, 3.63) is 70.8 Å². The van der Waals surface area contributed by atoms with Gasteiger partial charge in [-0.25, -0.2) is 0 Å². The first-order valence-corrected chi connectivity index (χ1v) is 6.95. The molecule has 0 aliphatic rings. The highest BCUT2D eigenvalue weighted by Crippen LogP contribution is 2.23. The van der Waals surface area contributed by atoms with Crippen molar-refractivity contribution in [1.82, 2.24) is 0 Å². The van der Waals surface area contributed by atoms with Gasteiger partial charge in [0.15, 0.2) is 0 Å². The van der Waals surface area contributed by atoms with Crippen molar-refractivity contribution >= 4 is 0 Å². The SMILES string of the molecule is CCc1ccc(C(C)(N)Cc2ccc(C)cc2)cc1. The second-order valence-corrected chi connectivity index (χ2v) is 5.63. The summed E-state index contributed by atoms with van der Waals surface area (Å²) in [6.07, 6.45) is 1.93. The molecule has 1 unspecified atom stereocenters. The summed E-state index contributed by atoms with van der Waals surface area (Å²) < 4.78 is 0. The van der Waals surface area contributed by atoms with Crippen molar-refractivity contribution < 1.29 is 0 Å². The summed E-state index contributed by atoms with van der Waals surface area (Å²) in [6.45, 7) is 6.38. The molecular weight excluding hydrogens is 230 g/mol. The van der Waals surface area contributed by atoms with Crippen molar-refractivity contribution in [1.29, 1.82) is 0 Å². The first kappa shape index (κ1) is 13.8. The lowest BCUT2D eigenvalue weighted by atomic mass is 9.86. The topological polar surface area (TPSA) is 26.0 Å². The molecule has 1 atom stereocenters. The lowest BCUT2D eigenvalue weighted by molar-refractivity contribution is 0.491. The van der Waals surface area contributed by atoms with E-state index in [0.717, 1.165) is 12.8 Å². The van der Waals surface area contributed by atoms with E-state index < -0.39 is 0 Å². The van der Waals surface area contributed by atoms with E-state index in [-0.39, 0.29) is 5.54 Å². The number of nitrogens with two attached hydrogens (primary N) is 1. The predicted molar refractivity (Wildman–Crippen MR) is 82.2 cm³/mol. The predicted octanol–water partition coefficient (Wildman–Crippen LogP) is 3.97. The van der Waals surface area contributed by atoms with Gasteiger partial charge in [-0.15, -0.1) is 0 Å². The minimum atomic E-state index is -0.318. The summed E-state index contributed by atoms with van der Waals surface area (Å²) in [5, 5.41) is 0. The van der Waals surface area contributed by atoms with Gasteiger partial charge < -0.3 is 5.73 Å². The summed E-state index contributed by atoms with van der Waals surface area (Å²) in [5.74, 6) is 0. The van der Waals surface area contributed by atoms with Crippen LogP contribution in [-0.2, 0) is 18.4 Å². The van der Waals surface area contributed by atoms with E-state index in [2.05, 4.69) is 69.3 Å². The summed E-state index contributed by atoms with van der Waals surface area (Å²) in [7, 11) is 0. The lowest BCUT2D eigenvalue weighted by Crippen LogP contribution is -2.35. The van der Waals surface area contributed by atoms with Gasteiger partial charge >= 0.3 is 0 Å². The van der Waals surface area contributed by atoms with E-state index in [1.165, 1.54) is 22.3 Å². The van der Waals surface area contributed by atoms with Crippen molar-refractivity contribution in [2.45, 2.75) is 39.2 Å². The zero-order valence-corrected chi connectivity index (χ0v) is 12.1. The maximum atomic E-state index is 6.50. The summed E-state index contributed by atoms with van der Waals surface area (Å²) >= 11 is 0. The Labute approximate surface area is 116 Å². The fraction of sp³-hybridized carbons (Fsp3) is 0.333. The molecule has 0 bridgehead atoms. The number of benzene rings is 2. The highest BCUT2D eigenvalue weighted by molar-refractivity contribution is 5.31. The number of rotatable bonds is 4. The van der Waals surface area contributed by atoms with Crippen LogP contribution in [0.4, 0.5) is 0 Å². The number of hydrogen-bond donors (Lipinski definition) is 1. The molecule has 0 heterocycles. The molecular formula is C18H23N. The van der Waals surface area contributed by atoms with E-state index >= 15 is 0 Å². The standard InChI is InChI=1S/C18H23N/c1-4-15-9-11-17(12-10-15)18(3,19)13-16-7-5-14(2)6-8-16/h5-12H,4,13,19H2,1-3H3. The lowest BCUT2D eigenvalue weighted by Gasteiger charge is -2.26. The van der Waals surface area contributed by atoms with Crippen molar-refractivity contribution in [3.8, 4) is 0 Å². The third-order valence-electron chi connectivity index (χ3n) is 3.71. The maximum Gasteiger partial charge on any atom is 0.0421 e. The molecule has 2 aromatic rings. The molecule has 19 heavy (non-hydrogen) atoms. The fourth-order valence-electron chi connectivity index (χ4n) is 2.35. The second kappa shape index (κ2) is 5.58. The quantitative estimate of drug-likeness (QED) is 0.876. The maximum absolute atomic E-state index is 6.50. The molecule has 0 fully saturated rings. The molecule has 1 nitrogen and oxygen atoms in total. The normalized spacial score (nSPS) is 14.1. The molecule has 2 rings (SSSR count). The van der Waals surface area contributed by atoms with Gasteiger partial charge in [0.1, 0.15) is 0 Å². The van der Waals surface area contributed by atoms with E-state index in [1.54, 1.807) is 0 Å². The Morgan fingerprint density at radius 1 is 0.895 bits per heavy atom. The van der Waals surface area contributed by atoms with Gasteiger partial charge in [-0.1, -0.05) is 61.0 Å². The molecule has 0 amide bonds. The molecule has 0 saturated heterocycles. The monoisotopic (exact) mass is 253 g/mol. The third kappa shape index (κ3) is 3.45. The Bertz CT molecular complexity index is 521. The zero-order valence-electron chi connectivity index (χ0n) is 12.1. The molecule has 0 spiro atoms. The second-order valence-electron chi connectivity index (χ2n) is 5.63. The molecule has 0 saturated carbocycles. The van der Waals surface area contributed by atoms with E-state index in [0.29, 0.717) is 0 Å². The van der Waals surface area contributed by atoms with Crippen LogP contribution in [0.5, 0.6) is 0 Å². The van der Waals surface area contributed by atoms with Crippen LogP contribution >= 0.6 is 0 Å². The largest absolute Gasteiger partial charge is 0.321 e. The molecule has 0 aliphatic heterocycles. The molecule has 100 valence electrons. The van der Waals surface area contributed by atoms with Crippen LogP contribution in [-0.4, -0.2) is 0 Å². The van der Waals surface area contributed by atoms with Gasteiger partial charge in [-0.3, -0.25) is 0 Å². The molecule has 0 aromatic heterocycles. The Morgan fingerprint density at radius 2 is 1.42 bits per heavy atom. The smallest absolute Gasteiger partial charge is 0.0421 e. The fourth-order valence-corrected chi connectivity index (χ4v) is 2.35. The highest BCUT2D eigenvalue weighted by Gasteiger charge is 2.21. The Balaban J connectivity index is 2.18. The molecule has 2 N–H and O–H groups in total. The summed E-state index contributed by atoms with van der Waals surface area (Å²) in [5.41, 5.74) is 11.3. The molecule has 0 radical (unpaired) electrons. The van der Waals surface area contributed by atoms with Crippen LogP contribution in [0.3, 0.4) is 0 Å². The van der Waals surface area contributed by atoms with Crippen LogP contribution in [0.25, 0.3) is 0 Å². The third-order valence-corrected chi connectivity index (χ3v) is 3.71.